The molecule has 1 aliphatic rings. The molecule has 1 unspecified atom stereocenters. The zero-order valence-corrected chi connectivity index (χ0v) is 11.2. The summed E-state index contributed by atoms with van der Waals surface area (Å²) in [6.45, 7) is 1.74. The van der Waals surface area contributed by atoms with E-state index in [2.05, 4.69) is 4.74 Å². The van der Waals surface area contributed by atoms with Gasteiger partial charge in [0.1, 0.15) is 5.60 Å². The topological polar surface area (TPSA) is 63.6 Å². The monoisotopic (exact) mass is 254 g/mol. The first-order valence-electron chi connectivity index (χ1n) is 6.50. The largest absolute Gasteiger partial charge is 0.466 e. The van der Waals surface area contributed by atoms with Crippen LogP contribution in [0.3, 0.4) is 0 Å². The number of unbranched alkanes of at least 4 members (excludes halogenated alkanes) is 3. The number of Topliss-reactive ketones (excluding diaryl/α,β-unsaturated/α-hetero) is 1. The van der Waals surface area contributed by atoms with Crippen molar-refractivity contribution in [3.63, 3.8) is 0 Å². The molecule has 0 heterocycles. The molecule has 0 aromatic carbocycles. The second-order valence-electron chi connectivity index (χ2n) is 4.93. The number of carbonyl (C=O) groups excluding carboxylic acids is 2. The van der Waals surface area contributed by atoms with Crippen LogP contribution in [-0.4, -0.2) is 29.6 Å². The summed E-state index contributed by atoms with van der Waals surface area (Å²) in [7, 11) is 1.37. The molecule has 0 radical (unpaired) electrons. The minimum Gasteiger partial charge on any atom is -0.466 e. The number of hydrogen-bond donors (Lipinski definition) is 1. The summed E-state index contributed by atoms with van der Waals surface area (Å²) in [5, 5.41) is 9.81. The first-order valence-corrected chi connectivity index (χ1v) is 6.50. The molecule has 4 heteroatoms. The van der Waals surface area contributed by atoms with E-state index in [0.717, 1.165) is 25.7 Å². The van der Waals surface area contributed by atoms with E-state index in [1.165, 1.54) is 7.11 Å². The molecule has 0 bridgehead atoms. The van der Waals surface area contributed by atoms with Gasteiger partial charge in [0, 0.05) is 12.0 Å². The van der Waals surface area contributed by atoms with Gasteiger partial charge in [-0.15, -0.1) is 0 Å². The number of allylic oxidation sites excluding steroid dienone is 1. The second-order valence-corrected chi connectivity index (χ2v) is 4.93. The van der Waals surface area contributed by atoms with Crippen LogP contribution in [0.2, 0.25) is 0 Å². The summed E-state index contributed by atoms with van der Waals surface area (Å²) in [5.74, 6) is -0.298. The van der Waals surface area contributed by atoms with Gasteiger partial charge in [0.2, 0.25) is 0 Å². The van der Waals surface area contributed by atoms with E-state index in [0.29, 0.717) is 24.8 Å². The maximum Gasteiger partial charge on any atom is 0.333 e. The van der Waals surface area contributed by atoms with Crippen molar-refractivity contribution in [1.29, 1.82) is 0 Å². The predicted molar refractivity (Wildman–Crippen MR) is 68.0 cm³/mol. The molecular weight excluding hydrogens is 232 g/mol. The summed E-state index contributed by atoms with van der Waals surface area (Å²) < 4.78 is 4.59. The average Bonchev–Trinajstić information content (AvgIpc) is 2.39. The van der Waals surface area contributed by atoms with E-state index < -0.39 is 5.60 Å². The Hall–Kier alpha value is -1.16. The van der Waals surface area contributed by atoms with Gasteiger partial charge in [-0.25, -0.2) is 4.79 Å². The molecule has 18 heavy (non-hydrogen) atoms. The predicted octanol–water partition coefficient (Wildman–Crippen LogP) is 2.15. The van der Waals surface area contributed by atoms with Crippen molar-refractivity contribution in [2.75, 3.05) is 7.11 Å². The van der Waals surface area contributed by atoms with E-state index in [1.807, 2.05) is 6.08 Å². The molecule has 0 aromatic heterocycles. The third-order valence-corrected chi connectivity index (χ3v) is 3.54. The molecule has 1 saturated carbocycles. The molecule has 0 aromatic rings. The summed E-state index contributed by atoms with van der Waals surface area (Å²) >= 11 is 0. The van der Waals surface area contributed by atoms with Gasteiger partial charge in [-0.1, -0.05) is 18.9 Å². The lowest BCUT2D eigenvalue weighted by Crippen LogP contribution is -2.47. The maximum atomic E-state index is 11.2. The van der Waals surface area contributed by atoms with Gasteiger partial charge >= 0.3 is 5.97 Å². The number of ether oxygens (including phenoxy) is 1. The third-order valence-electron chi connectivity index (χ3n) is 3.54. The fourth-order valence-corrected chi connectivity index (χ4v) is 2.08. The van der Waals surface area contributed by atoms with Crippen LogP contribution in [0.15, 0.2) is 11.6 Å². The number of methoxy groups -OCH3 is 1. The lowest BCUT2D eigenvalue weighted by Gasteiger charge is -2.34. The van der Waals surface area contributed by atoms with Crippen molar-refractivity contribution in [1.82, 2.24) is 0 Å². The minimum atomic E-state index is -1.02. The highest BCUT2D eigenvalue weighted by Gasteiger charge is 2.42. The summed E-state index contributed by atoms with van der Waals surface area (Å²) in [4.78, 5) is 22.2. The van der Waals surface area contributed by atoms with Crippen LogP contribution in [-0.2, 0) is 14.3 Å². The second kappa shape index (κ2) is 6.69. The maximum absolute atomic E-state index is 11.2. The molecule has 0 spiro atoms. The van der Waals surface area contributed by atoms with Crippen molar-refractivity contribution < 1.29 is 19.4 Å². The molecule has 102 valence electrons. The molecule has 1 rings (SSSR count). The standard InChI is InChI=1S/C14H22O4/c1-11(13(16)18-2)7-5-3-4-6-9-14(17)10-8-12(14)15/h7,17H,3-6,8-10H2,1-2H3/b11-7+. The van der Waals surface area contributed by atoms with E-state index in [9.17, 15) is 14.7 Å². The normalized spacial score (nSPS) is 23.7. The Morgan fingerprint density at radius 1 is 1.44 bits per heavy atom. The van der Waals surface area contributed by atoms with Crippen molar-refractivity contribution >= 4 is 11.8 Å². The van der Waals surface area contributed by atoms with Crippen molar-refractivity contribution in [3.8, 4) is 0 Å². The number of rotatable bonds is 7. The van der Waals surface area contributed by atoms with E-state index >= 15 is 0 Å². The Morgan fingerprint density at radius 2 is 2.17 bits per heavy atom. The smallest absolute Gasteiger partial charge is 0.333 e. The number of esters is 1. The summed E-state index contributed by atoms with van der Waals surface area (Å²) in [6, 6.07) is 0. The SMILES string of the molecule is COC(=O)/C(C)=C/CCCCCC1(O)CCC1=O. The molecular formula is C14H22O4. The average molecular weight is 254 g/mol. The highest BCUT2D eigenvalue weighted by molar-refractivity contribution is 5.92. The molecule has 1 N–H and O–H groups in total. The van der Waals surface area contributed by atoms with Crippen molar-refractivity contribution in [2.45, 2.75) is 57.5 Å². The van der Waals surface area contributed by atoms with Gasteiger partial charge in [-0.2, -0.15) is 0 Å². The Kier molecular flexibility index (Phi) is 5.54. The number of carbonyl (C=O) groups is 2. The molecule has 1 aliphatic carbocycles. The van der Waals surface area contributed by atoms with Crippen LogP contribution in [0.25, 0.3) is 0 Å². The highest BCUT2D eigenvalue weighted by Crippen LogP contribution is 2.32. The van der Waals surface area contributed by atoms with Gasteiger partial charge in [0.25, 0.3) is 0 Å². The van der Waals surface area contributed by atoms with Crippen LogP contribution in [0, 0.1) is 0 Å². The zero-order valence-electron chi connectivity index (χ0n) is 11.2. The van der Waals surface area contributed by atoms with E-state index in [-0.39, 0.29) is 11.8 Å². The fraction of sp³-hybridized carbons (Fsp3) is 0.714. The quantitative estimate of drug-likeness (QED) is 0.429. The first kappa shape index (κ1) is 14.9. The summed E-state index contributed by atoms with van der Waals surface area (Å²) in [5.41, 5.74) is -0.386. The van der Waals surface area contributed by atoms with Gasteiger partial charge < -0.3 is 9.84 Å². The first-order chi connectivity index (χ1) is 8.49. The molecule has 0 saturated heterocycles. The Labute approximate surface area is 108 Å². The van der Waals surface area contributed by atoms with Crippen LogP contribution in [0.5, 0.6) is 0 Å². The van der Waals surface area contributed by atoms with Crippen LogP contribution >= 0.6 is 0 Å². The van der Waals surface area contributed by atoms with Gasteiger partial charge in [-0.05, 0) is 32.6 Å². The van der Waals surface area contributed by atoms with Crippen molar-refractivity contribution in [3.05, 3.63) is 11.6 Å². The summed E-state index contributed by atoms with van der Waals surface area (Å²) in [6.07, 6.45) is 7.19. The van der Waals surface area contributed by atoms with Crippen LogP contribution in [0.1, 0.15) is 51.9 Å². The Morgan fingerprint density at radius 3 is 2.67 bits per heavy atom. The van der Waals surface area contributed by atoms with Crippen LogP contribution < -0.4 is 0 Å². The van der Waals surface area contributed by atoms with Crippen LogP contribution in [0.4, 0.5) is 0 Å². The van der Waals surface area contributed by atoms with Crippen molar-refractivity contribution in [2.24, 2.45) is 0 Å². The number of ketones is 1. The zero-order chi connectivity index (χ0) is 13.6. The minimum absolute atomic E-state index is 0.0102. The third kappa shape index (κ3) is 3.95. The highest BCUT2D eigenvalue weighted by atomic mass is 16.5. The fourth-order valence-electron chi connectivity index (χ4n) is 2.08. The van der Waals surface area contributed by atoms with E-state index in [4.69, 9.17) is 0 Å². The number of hydrogen-bond acceptors (Lipinski definition) is 4. The van der Waals surface area contributed by atoms with E-state index in [1.54, 1.807) is 6.92 Å². The Bertz CT molecular complexity index is 346. The van der Waals surface area contributed by atoms with Gasteiger partial charge in [0.15, 0.2) is 5.78 Å². The lowest BCUT2D eigenvalue weighted by molar-refractivity contribution is -0.151. The molecule has 4 nitrogen and oxygen atoms in total. The van der Waals surface area contributed by atoms with Gasteiger partial charge in [-0.3, -0.25) is 4.79 Å². The lowest BCUT2D eigenvalue weighted by atomic mass is 9.75. The molecule has 1 atom stereocenters. The number of aliphatic hydroxyl groups is 1. The molecule has 1 fully saturated rings. The molecule has 0 amide bonds. The molecule has 0 aliphatic heterocycles. The van der Waals surface area contributed by atoms with Gasteiger partial charge in [0.05, 0.1) is 7.11 Å². The Balaban J connectivity index is 2.09.